The zero-order chi connectivity index (χ0) is 23.9. The maximum atomic E-state index is 14.2. The van der Waals surface area contributed by atoms with E-state index < -0.39 is 17.8 Å². The molecule has 4 rings (SSSR count). The molecule has 0 spiro atoms. The van der Waals surface area contributed by atoms with Gasteiger partial charge in [-0.25, -0.2) is 4.39 Å². The molecule has 1 aromatic carbocycles. The predicted octanol–water partition coefficient (Wildman–Crippen LogP) is 4.90. The predicted molar refractivity (Wildman–Crippen MR) is 133 cm³/mol. The van der Waals surface area contributed by atoms with E-state index in [0.29, 0.717) is 9.75 Å². The van der Waals surface area contributed by atoms with Crippen LogP contribution >= 0.6 is 22.7 Å². The lowest BCUT2D eigenvalue weighted by molar-refractivity contribution is -0.126. The number of rotatable bonds is 8. The molecule has 9 heteroatoms. The van der Waals surface area contributed by atoms with Crippen molar-refractivity contribution >= 4 is 46.1 Å². The third-order valence-corrected chi connectivity index (χ3v) is 7.56. The summed E-state index contributed by atoms with van der Waals surface area (Å²) in [7, 11) is 0. The Balaban J connectivity index is 1.63. The summed E-state index contributed by atoms with van der Waals surface area (Å²) >= 11 is 2.62. The molecule has 1 fully saturated rings. The number of amides is 3. The number of carbonyl (C=O) groups excluding carboxylic acids is 3. The monoisotopic (exact) mass is 499 g/mol. The summed E-state index contributed by atoms with van der Waals surface area (Å²) in [6.07, 6.45) is 5.05. The highest BCUT2D eigenvalue weighted by molar-refractivity contribution is 7.12. The standard InChI is InChI=1S/C25H26FN3O3S2/c26-17-7-4-10-19(15-17)29(22(30)16-27-24(31)21-12-6-14-34-21)23(20-11-5-13-33-20)25(32)28-18-8-2-1-3-9-18/h4-7,10-15,18,23H,1-3,8-9,16H2,(H,27,31)(H,28,32). The van der Waals surface area contributed by atoms with E-state index in [2.05, 4.69) is 10.6 Å². The van der Waals surface area contributed by atoms with Gasteiger partial charge >= 0.3 is 0 Å². The van der Waals surface area contributed by atoms with Crippen LogP contribution in [0.3, 0.4) is 0 Å². The Labute approximate surface area is 205 Å². The fourth-order valence-corrected chi connectivity index (χ4v) is 5.60. The minimum atomic E-state index is -0.977. The van der Waals surface area contributed by atoms with Gasteiger partial charge in [0.15, 0.2) is 0 Å². The minimum Gasteiger partial charge on any atom is -0.351 e. The highest BCUT2D eigenvalue weighted by Crippen LogP contribution is 2.32. The van der Waals surface area contributed by atoms with Crippen molar-refractivity contribution in [3.63, 3.8) is 0 Å². The van der Waals surface area contributed by atoms with Crippen LogP contribution in [0.25, 0.3) is 0 Å². The Hall–Kier alpha value is -3.04. The normalized spacial score (nSPS) is 14.9. The molecule has 3 amide bonds. The second kappa shape index (κ2) is 11.4. The Morgan fingerprint density at radius 2 is 1.76 bits per heavy atom. The third kappa shape index (κ3) is 5.90. The molecule has 0 aliphatic heterocycles. The van der Waals surface area contributed by atoms with E-state index in [-0.39, 0.29) is 30.1 Å². The van der Waals surface area contributed by atoms with Crippen LogP contribution in [0.2, 0.25) is 0 Å². The fourth-order valence-electron chi connectivity index (χ4n) is 4.15. The molecular formula is C25H26FN3O3S2. The fraction of sp³-hybridized carbons (Fsp3) is 0.320. The molecule has 0 radical (unpaired) electrons. The average Bonchev–Trinajstić information content (AvgIpc) is 3.56. The van der Waals surface area contributed by atoms with Gasteiger partial charge in [-0.3, -0.25) is 19.3 Å². The van der Waals surface area contributed by atoms with Crippen LogP contribution < -0.4 is 15.5 Å². The molecule has 1 aliphatic carbocycles. The molecular weight excluding hydrogens is 473 g/mol. The van der Waals surface area contributed by atoms with E-state index in [1.54, 1.807) is 29.6 Å². The zero-order valence-corrected chi connectivity index (χ0v) is 20.2. The molecule has 3 aromatic rings. The topological polar surface area (TPSA) is 78.5 Å². The molecule has 1 unspecified atom stereocenters. The summed E-state index contributed by atoms with van der Waals surface area (Å²) in [6.45, 7) is -0.328. The number of hydrogen-bond donors (Lipinski definition) is 2. The van der Waals surface area contributed by atoms with Gasteiger partial charge in [0.25, 0.3) is 5.91 Å². The first kappa shape index (κ1) is 24.1. The first-order valence-electron chi connectivity index (χ1n) is 11.3. The molecule has 2 aromatic heterocycles. The quantitative estimate of drug-likeness (QED) is 0.463. The maximum absolute atomic E-state index is 14.2. The van der Waals surface area contributed by atoms with E-state index in [1.807, 2.05) is 11.4 Å². The molecule has 2 N–H and O–H groups in total. The SMILES string of the molecule is O=C(NCC(=O)N(c1cccc(F)c1)C(C(=O)NC1CCCCC1)c1cccs1)c1cccs1. The number of benzene rings is 1. The van der Waals surface area contributed by atoms with E-state index in [1.165, 1.54) is 45.8 Å². The van der Waals surface area contributed by atoms with Crippen molar-refractivity contribution in [1.82, 2.24) is 10.6 Å². The summed E-state index contributed by atoms with van der Waals surface area (Å²) in [4.78, 5) is 41.9. The molecule has 2 heterocycles. The van der Waals surface area contributed by atoms with Gasteiger partial charge in [-0.15, -0.1) is 22.7 Å². The Morgan fingerprint density at radius 3 is 2.44 bits per heavy atom. The van der Waals surface area contributed by atoms with Gasteiger partial charge in [-0.2, -0.15) is 0 Å². The van der Waals surface area contributed by atoms with Crippen LogP contribution in [0.5, 0.6) is 0 Å². The van der Waals surface area contributed by atoms with Crippen molar-refractivity contribution in [2.75, 3.05) is 11.4 Å². The van der Waals surface area contributed by atoms with Crippen molar-refractivity contribution in [3.8, 4) is 0 Å². The minimum absolute atomic E-state index is 0.0479. The number of nitrogens with zero attached hydrogens (tertiary/aromatic N) is 1. The van der Waals surface area contributed by atoms with Crippen LogP contribution in [0.1, 0.15) is 52.7 Å². The zero-order valence-electron chi connectivity index (χ0n) is 18.5. The van der Waals surface area contributed by atoms with E-state index in [0.717, 1.165) is 32.1 Å². The van der Waals surface area contributed by atoms with E-state index in [4.69, 9.17) is 0 Å². The Bertz CT molecular complexity index is 1110. The molecule has 0 bridgehead atoms. The summed E-state index contributed by atoms with van der Waals surface area (Å²) in [5.74, 6) is -1.71. The van der Waals surface area contributed by atoms with Gasteiger partial charge in [-0.1, -0.05) is 37.5 Å². The highest BCUT2D eigenvalue weighted by Gasteiger charge is 2.35. The lowest BCUT2D eigenvalue weighted by Gasteiger charge is -2.32. The summed E-state index contributed by atoms with van der Waals surface area (Å²) < 4.78 is 14.2. The molecule has 6 nitrogen and oxygen atoms in total. The summed E-state index contributed by atoms with van der Waals surface area (Å²) in [6, 6.07) is 11.7. The smallest absolute Gasteiger partial charge is 0.261 e. The van der Waals surface area contributed by atoms with Gasteiger partial charge < -0.3 is 10.6 Å². The third-order valence-electron chi connectivity index (χ3n) is 5.77. The molecule has 1 aliphatic rings. The Kier molecular flexibility index (Phi) is 8.08. The summed E-state index contributed by atoms with van der Waals surface area (Å²) in [5.41, 5.74) is 0.257. The molecule has 34 heavy (non-hydrogen) atoms. The second-order valence-corrected chi connectivity index (χ2v) is 10.1. The van der Waals surface area contributed by atoms with Crippen molar-refractivity contribution in [3.05, 3.63) is 74.9 Å². The van der Waals surface area contributed by atoms with Crippen molar-refractivity contribution in [2.24, 2.45) is 0 Å². The van der Waals surface area contributed by atoms with Gasteiger partial charge in [-0.05, 0) is 53.9 Å². The highest BCUT2D eigenvalue weighted by atomic mass is 32.1. The molecule has 1 saturated carbocycles. The molecule has 178 valence electrons. The van der Waals surface area contributed by atoms with E-state index >= 15 is 0 Å². The van der Waals surface area contributed by atoms with Crippen LogP contribution in [0, 0.1) is 5.82 Å². The summed E-state index contributed by atoms with van der Waals surface area (Å²) in [5, 5.41) is 9.35. The molecule has 1 atom stereocenters. The van der Waals surface area contributed by atoms with E-state index in [9.17, 15) is 18.8 Å². The number of nitrogens with one attached hydrogen (secondary N) is 2. The number of carbonyl (C=O) groups is 3. The lowest BCUT2D eigenvalue weighted by Crippen LogP contribution is -2.49. The number of hydrogen-bond acceptors (Lipinski definition) is 5. The first-order chi connectivity index (χ1) is 16.5. The van der Waals surface area contributed by atoms with Crippen LogP contribution in [-0.2, 0) is 9.59 Å². The van der Waals surface area contributed by atoms with Crippen molar-refractivity contribution < 1.29 is 18.8 Å². The van der Waals surface area contributed by atoms with Crippen LogP contribution in [0.15, 0.2) is 59.3 Å². The molecule has 0 saturated heterocycles. The van der Waals surface area contributed by atoms with Crippen molar-refractivity contribution in [1.29, 1.82) is 0 Å². The second-order valence-electron chi connectivity index (χ2n) is 8.17. The number of halogens is 1. The van der Waals surface area contributed by atoms with Gasteiger partial charge in [0, 0.05) is 16.6 Å². The van der Waals surface area contributed by atoms with Gasteiger partial charge in [0.2, 0.25) is 11.8 Å². The van der Waals surface area contributed by atoms with Crippen LogP contribution in [-0.4, -0.2) is 30.3 Å². The Morgan fingerprint density at radius 1 is 1.00 bits per heavy atom. The largest absolute Gasteiger partial charge is 0.351 e. The first-order valence-corrected chi connectivity index (χ1v) is 13.0. The van der Waals surface area contributed by atoms with Gasteiger partial charge in [0.05, 0.1) is 11.4 Å². The lowest BCUT2D eigenvalue weighted by atomic mass is 9.95. The number of anilines is 1. The average molecular weight is 500 g/mol. The van der Waals surface area contributed by atoms with Gasteiger partial charge in [0.1, 0.15) is 11.9 Å². The maximum Gasteiger partial charge on any atom is 0.261 e. The number of thiophene rings is 2. The van der Waals surface area contributed by atoms with Crippen molar-refractivity contribution in [2.45, 2.75) is 44.2 Å². The van der Waals surface area contributed by atoms with Crippen LogP contribution in [0.4, 0.5) is 10.1 Å².